The Morgan fingerprint density at radius 1 is 0.727 bits per heavy atom. The molecule has 0 saturated carbocycles. The standard InChI is InChI=1S/C19H15N3/c20-16-11-5-4-10-15(16)19-21-17-12-6-7-13-18(17)22(19)14-8-2-1-3-9-14/h1-13H,20H2. The molecule has 0 unspecified atom stereocenters. The van der Waals surface area contributed by atoms with Gasteiger partial charge in [-0.2, -0.15) is 0 Å². The fourth-order valence-electron chi connectivity index (χ4n) is 2.75. The Hall–Kier alpha value is -3.07. The van der Waals surface area contributed by atoms with Crippen molar-refractivity contribution >= 4 is 16.7 Å². The van der Waals surface area contributed by atoms with Crippen LogP contribution in [0.3, 0.4) is 0 Å². The van der Waals surface area contributed by atoms with E-state index < -0.39 is 0 Å². The van der Waals surface area contributed by atoms with Crippen LogP contribution in [0.5, 0.6) is 0 Å². The number of rotatable bonds is 2. The van der Waals surface area contributed by atoms with E-state index in [1.165, 1.54) is 0 Å². The predicted octanol–water partition coefficient (Wildman–Crippen LogP) is 4.27. The van der Waals surface area contributed by atoms with E-state index >= 15 is 0 Å². The molecule has 3 heteroatoms. The third-order valence-corrected chi connectivity index (χ3v) is 3.78. The van der Waals surface area contributed by atoms with Crippen molar-refractivity contribution in [1.82, 2.24) is 9.55 Å². The molecule has 0 amide bonds. The third-order valence-electron chi connectivity index (χ3n) is 3.78. The molecule has 2 N–H and O–H groups in total. The Morgan fingerprint density at radius 2 is 1.41 bits per heavy atom. The van der Waals surface area contributed by atoms with Gasteiger partial charge in [0.05, 0.1) is 11.0 Å². The number of hydrogen-bond donors (Lipinski definition) is 1. The molecule has 4 rings (SSSR count). The van der Waals surface area contributed by atoms with Crippen molar-refractivity contribution in [2.75, 3.05) is 5.73 Å². The van der Waals surface area contributed by atoms with Gasteiger partial charge >= 0.3 is 0 Å². The van der Waals surface area contributed by atoms with Gasteiger partial charge in [-0.1, -0.05) is 42.5 Å². The van der Waals surface area contributed by atoms with Crippen LogP contribution >= 0.6 is 0 Å². The number of fused-ring (bicyclic) bond motifs is 1. The van der Waals surface area contributed by atoms with Crippen molar-refractivity contribution in [3.05, 3.63) is 78.9 Å². The average Bonchev–Trinajstić information content (AvgIpc) is 2.95. The average molecular weight is 285 g/mol. The number of hydrogen-bond acceptors (Lipinski definition) is 2. The molecule has 0 aliphatic heterocycles. The lowest BCUT2D eigenvalue weighted by Crippen LogP contribution is -1.99. The van der Waals surface area contributed by atoms with Crippen molar-refractivity contribution in [3.63, 3.8) is 0 Å². The highest BCUT2D eigenvalue weighted by Crippen LogP contribution is 2.31. The highest BCUT2D eigenvalue weighted by Gasteiger charge is 2.15. The van der Waals surface area contributed by atoms with E-state index in [9.17, 15) is 0 Å². The van der Waals surface area contributed by atoms with Crippen LogP contribution in [-0.4, -0.2) is 9.55 Å². The van der Waals surface area contributed by atoms with Gasteiger partial charge in [-0.25, -0.2) is 4.98 Å². The van der Waals surface area contributed by atoms with Gasteiger partial charge in [0.2, 0.25) is 0 Å². The SMILES string of the molecule is Nc1ccccc1-c1nc2ccccc2n1-c1ccccc1. The van der Waals surface area contributed by atoms with Crippen molar-refractivity contribution in [1.29, 1.82) is 0 Å². The highest BCUT2D eigenvalue weighted by molar-refractivity contribution is 5.85. The van der Waals surface area contributed by atoms with E-state index in [1.54, 1.807) is 0 Å². The van der Waals surface area contributed by atoms with Crippen LogP contribution in [0, 0.1) is 0 Å². The van der Waals surface area contributed by atoms with Crippen molar-refractivity contribution in [3.8, 4) is 17.1 Å². The van der Waals surface area contributed by atoms with E-state index in [4.69, 9.17) is 10.7 Å². The second kappa shape index (κ2) is 5.04. The summed E-state index contributed by atoms with van der Waals surface area (Å²) in [5.41, 5.74) is 11.0. The van der Waals surface area contributed by atoms with E-state index in [2.05, 4.69) is 22.8 Å². The smallest absolute Gasteiger partial charge is 0.147 e. The van der Waals surface area contributed by atoms with Gasteiger partial charge in [0, 0.05) is 16.9 Å². The molecule has 3 nitrogen and oxygen atoms in total. The quantitative estimate of drug-likeness (QED) is 0.559. The first-order chi connectivity index (χ1) is 10.8. The van der Waals surface area contributed by atoms with Crippen molar-refractivity contribution in [2.24, 2.45) is 0 Å². The summed E-state index contributed by atoms with van der Waals surface area (Å²) in [7, 11) is 0. The molecule has 0 aliphatic rings. The van der Waals surface area contributed by atoms with Gasteiger partial charge in [-0.15, -0.1) is 0 Å². The number of nitrogens with two attached hydrogens (primary N) is 1. The van der Waals surface area contributed by atoms with Gasteiger partial charge < -0.3 is 5.73 Å². The molecule has 3 aromatic carbocycles. The van der Waals surface area contributed by atoms with Crippen LogP contribution < -0.4 is 5.73 Å². The first kappa shape index (κ1) is 12.7. The van der Waals surface area contributed by atoms with Gasteiger partial charge in [-0.05, 0) is 36.4 Å². The lowest BCUT2D eigenvalue weighted by atomic mass is 10.1. The molecule has 106 valence electrons. The molecule has 0 saturated heterocycles. The number of nitrogen functional groups attached to an aromatic ring is 1. The van der Waals surface area contributed by atoms with Crippen LogP contribution in [-0.2, 0) is 0 Å². The molecule has 4 aromatic rings. The molecule has 1 heterocycles. The summed E-state index contributed by atoms with van der Waals surface area (Å²) >= 11 is 0. The second-order valence-corrected chi connectivity index (χ2v) is 5.18. The minimum absolute atomic E-state index is 0.731. The predicted molar refractivity (Wildman–Crippen MR) is 90.9 cm³/mol. The first-order valence-electron chi connectivity index (χ1n) is 7.22. The van der Waals surface area contributed by atoms with E-state index in [-0.39, 0.29) is 0 Å². The van der Waals surface area contributed by atoms with E-state index in [1.807, 2.05) is 60.7 Å². The van der Waals surface area contributed by atoms with Crippen molar-refractivity contribution < 1.29 is 0 Å². The van der Waals surface area contributed by atoms with Crippen LogP contribution in [0.2, 0.25) is 0 Å². The highest BCUT2D eigenvalue weighted by atomic mass is 15.1. The minimum atomic E-state index is 0.731. The summed E-state index contributed by atoms with van der Waals surface area (Å²) in [6, 6.07) is 26.2. The number of imidazole rings is 1. The molecular weight excluding hydrogens is 270 g/mol. The lowest BCUT2D eigenvalue weighted by molar-refractivity contribution is 1.10. The number of anilines is 1. The Labute approximate surface area is 128 Å². The van der Waals surface area contributed by atoms with Crippen LogP contribution in [0.1, 0.15) is 0 Å². The normalized spacial score (nSPS) is 10.9. The fraction of sp³-hybridized carbons (Fsp3) is 0. The van der Waals surface area contributed by atoms with E-state index in [0.29, 0.717) is 0 Å². The summed E-state index contributed by atoms with van der Waals surface area (Å²) in [5.74, 6) is 0.866. The monoisotopic (exact) mass is 285 g/mol. The van der Waals surface area contributed by atoms with Gasteiger partial charge in [0.15, 0.2) is 0 Å². The zero-order chi connectivity index (χ0) is 14.9. The summed E-state index contributed by atoms with van der Waals surface area (Å²) < 4.78 is 2.15. The number of aromatic nitrogens is 2. The Balaban J connectivity index is 2.09. The van der Waals surface area contributed by atoms with Gasteiger partial charge in [0.25, 0.3) is 0 Å². The maximum absolute atomic E-state index is 6.17. The largest absolute Gasteiger partial charge is 0.398 e. The maximum atomic E-state index is 6.17. The Morgan fingerprint density at radius 3 is 2.23 bits per heavy atom. The van der Waals surface area contributed by atoms with Gasteiger partial charge in [0.1, 0.15) is 5.82 Å². The molecule has 0 spiro atoms. The fourth-order valence-corrected chi connectivity index (χ4v) is 2.75. The minimum Gasteiger partial charge on any atom is -0.398 e. The Kier molecular flexibility index (Phi) is 2.90. The third kappa shape index (κ3) is 1.95. The molecule has 0 radical (unpaired) electrons. The molecule has 1 aromatic heterocycles. The zero-order valence-electron chi connectivity index (χ0n) is 12.0. The zero-order valence-corrected chi connectivity index (χ0v) is 12.0. The number of para-hydroxylation sites is 4. The van der Waals surface area contributed by atoms with Gasteiger partial charge in [-0.3, -0.25) is 4.57 Å². The summed E-state index contributed by atoms with van der Waals surface area (Å²) in [5, 5.41) is 0. The molecular formula is C19H15N3. The molecule has 0 atom stereocenters. The maximum Gasteiger partial charge on any atom is 0.147 e. The first-order valence-corrected chi connectivity index (χ1v) is 7.22. The molecule has 0 aliphatic carbocycles. The number of benzene rings is 3. The molecule has 0 bridgehead atoms. The van der Waals surface area contributed by atoms with Crippen LogP contribution in [0.4, 0.5) is 5.69 Å². The Bertz CT molecular complexity index is 939. The molecule has 0 fully saturated rings. The molecule has 22 heavy (non-hydrogen) atoms. The summed E-state index contributed by atoms with van der Waals surface area (Å²) in [6.07, 6.45) is 0. The topological polar surface area (TPSA) is 43.8 Å². The lowest BCUT2D eigenvalue weighted by Gasteiger charge is -2.10. The number of nitrogens with zero attached hydrogens (tertiary/aromatic N) is 2. The van der Waals surface area contributed by atoms with Crippen LogP contribution in [0.25, 0.3) is 28.1 Å². The van der Waals surface area contributed by atoms with Crippen molar-refractivity contribution in [2.45, 2.75) is 0 Å². The van der Waals surface area contributed by atoms with E-state index in [0.717, 1.165) is 33.8 Å². The summed E-state index contributed by atoms with van der Waals surface area (Å²) in [6.45, 7) is 0. The second-order valence-electron chi connectivity index (χ2n) is 5.18. The van der Waals surface area contributed by atoms with Crippen LogP contribution in [0.15, 0.2) is 78.9 Å². The summed E-state index contributed by atoms with van der Waals surface area (Å²) in [4.78, 5) is 4.80.